The van der Waals surface area contributed by atoms with Crippen LogP contribution in [0.4, 0.5) is 0 Å². The van der Waals surface area contributed by atoms with Crippen molar-refractivity contribution in [3.8, 4) is 0 Å². The Kier molecular flexibility index (Phi) is 3.70. The minimum atomic E-state index is -0.855. The number of aromatic nitrogens is 3. The van der Waals surface area contributed by atoms with Crippen molar-refractivity contribution >= 4 is 23.2 Å². The maximum atomic E-state index is 12.3. The molecule has 1 aliphatic rings. The van der Waals surface area contributed by atoms with Crippen LogP contribution in [0.15, 0.2) is 23.7 Å². The van der Waals surface area contributed by atoms with E-state index in [1.807, 2.05) is 17.5 Å². The minimum absolute atomic E-state index is 0.242. The van der Waals surface area contributed by atoms with Gasteiger partial charge in [0, 0.05) is 18.0 Å². The smallest absolute Gasteiger partial charge is 0.308 e. The lowest BCUT2D eigenvalue weighted by atomic mass is 10.1. The molecule has 8 heteroatoms. The highest BCUT2D eigenvalue weighted by Crippen LogP contribution is 2.18. The van der Waals surface area contributed by atoms with Crippen LogP contribution in [0.25, 0.3) is 0 Å². The second-order valence-corrected chi connectivity index (χ2v) is 5.99. The zero-order valence-corrected chi connectivity index (χ0v) is 12.0. The molecule has 0 unspecified atom stereocenters. The number of aliphatic carboxylic acids is 1. The summed E-state index contributed by atoms with van der Waals surface area (Å²) in [6, 6.07) is 3.95. The number of likely N-dealkylation sites (tertiary alicyclic amines) is 1. The van der Waals surface area contributed by atoms with Crippen LogP contribution in [-0.4, -0.2) is 50.0 Å². The Morgan fingerprint density at radius 3 is 3.00 bits per heavy atom. The summed E-state index contributed by atoms with van der Waals surface area (Å²) in [5, 5.41) is 18.8. The Morgan fingerprint density at radius 2 is 2.33 bits per heavy atom. The highest BCUT2D eigenvalue weighted by atomic mass is 32.1. The molecule has 0 bridgehead atoms. The summed E-state index contributed by atoms with van der Waals surface area (Å²) >= 11 is 1.61. The monoisotopic (exact) mass is 306 g/mol. The van der Waals surface area contributed by atoms with Crippen molar-refractivity contribution in [2.45, 2.75) is 13.0 Å². The van der Waals surface area contributed by atoms with E-state index in [9.17, 15) is 9.59 Å². The molecule has 0 saturated carbocycles. The second-order valence-electron chi connectivity index (χ2n) is 4.96. The second kappa shape index (κ2) is 5.65. The van der Waals surface area contributed by atoms with Gasteiger partial charge in [0.1, 0.15) is 0 Å². The lowest BCUT2D eigenvalue weighted by molar-refractivity contribution is -0.141. The van der Waals surface area contributed by atoms with Crippen LogP contribution in [0.3, 0.4) is 0 Å². The van der Waals surface area contributed by atoms with Gasteiger partial charge in [-0.15, -0.1) is 16.4 Å². The number of thiophene rings is 1. The van der Waals surface area contributed by atoms with Gasteiger partial charge in [-0.25, -0.2) is 4.68 Å². The van der Waals surface area contributed by atoms with E-state index in [0.717, 1.165) is 4.88 Å². The van der Waals surface area contributed by atoms with Crippen LogP contribution in [0.5, 0.6) is 0 Å². The molecular weight excluding hydrogens is 292 g/mol. The van der Waals surface area contributed by atoms with Crippen molar-refractivity contribution in [3.05, 3.63) is 34.3 Å². The zero-order chi connectivity index (χ0) is 14.8. The average Bonchev–Trinajstić information content (AvgIpc) is 3.20. The third-order valence-corrected chi connectivity index (χ3v) is 4.34. The van der Waals surface area contributed by atoms with E-state index in [-0.39, 0.29) is 18.1 Å². The highest BCUT2D eigenvalue weighted by Gasteiger charge is 2.32. The first-order valence-corrected chi connectivity index (χ1v) is 7.46. The molecule has 1 N–H and O–H groups in total. The third-order valence-electron chi connectivity index (χ3n) is 3.48. The number of nitrogens with zero attached hydrogens (tertiary/aromatic N) is 4. The van der Waals surface area contributed by atoms with Gasteiger partial charge in [-0.2, -0.15) is 0 Å². The van der Waals surface area contributed by atoms with Crippen LogP contribution in [-0.2, 0) is 11.3 Å². The van der Waals surface area contributed by atoms with E-state index >= 15 is 0 Å². The molecule has 21 heavy (non-hydrogen) atoms. The molecule has 0 aliphatic carbocycles. The summed E-state index contributed by atoms with van der Waals surface area (Å²) in [6.45, 7) is 1.27. The number of carbonyl (C=O) groups is 2. The molecule has 1 saturated heterocycles. The summed E-state index contributed by atoms with van der Waals surface area (Å²) in [4.78, 5) is 25.8. The Bertz CT molecular complexity index is 652. The molecule has 1 aliphatic heterocycles. The van der Waals surface area contributed by atoms with E-state index in [1.54, 1.807) is 22.2 Å². The Hall–Kier alpha value is -2.22. The molecule has 2 aromatic rings. The quantitative estimate of drug-likeness (QED) is 0.908. The fraction of sp³-hybridized carbons (Fsp3) is 0.385. The van der Waals surface area contributed by atoms with Crippen molar-refractivity contribution in [1.29, 1.82) is 0 Å². The van der Waals surface area contributed by atoms with Crippen LogP contribution in [0.1, 0.15) is 21.8 Å². The van der Waals surface area contributed by atoms with Gasteiger partial charge in [0.05, 0.1) is 18.7 Å². The first-order chi connectivity index (χ1) is 10.1. The maximum absolute atomic E-state index is 12.3. The number of carbonyl (C=O) groups excluding carboxylic acids is 1. The molecule has 0 spiro atoms. The van der Waals surface area contributed by atoms with Crippen molar-refractivity contribution in [1.82, 2.24) is 19.9 Å². The van der Waals surface area contributed by atoms with Crippen molar-refractivity contribution in [2.75, 3.05) is 13.1 Å². The van der Waals surface area contributed by atoms with Crippen LogP contribution in [0.2, 0.25) is 0 Å². The van der Waals surface area contributed by atoms with Crippen LogP contribution >= 0.6 is 11.3 Å². The van der Waals surface area contributed by atoms with Gasteiger partial charge in [0.15, 0.2) is 5.69 Å². The van der Waals surface area contributed by atoms with Gasteiger partial charge in [-0.3, -0.25) is 9.59 Å². The summed E-state index contributed by atoms with van der Waals surface area (Å²) in [7, 11) is 0. The normalized spacial score (nSPS) is 18.1. The number of rotatable bonds is 4. The molecule has 2 aromatic heterocycles. The van der Waals surface area contributed by atoms with Gasteiger partial charge in [0.25, 0.3) is 5.91 Å². The topological polar surface area (TPSA) is 88.3 Å². The Labute approximate surface area is 124 Å². The minimum Gasteiger partial charge on any atom is -0.481 e. The highest BCUT2D eigenvalue weighted by molar-refractivity contribution is 7.09. The number of hydrogen-bond donors (Lipinski definition) is 1. The van der Waals surface area contributed by atoms with Crippen LogP contribution < -0.4 is 0 Å². The summed E-state index contributed by atoms with van der Waals surface area (Å²) in [5.74, 6) is -1.59. The number of hydrogen-bond acceptors (Lipinski definition) is 5. The molecule has 7 nitrogen and oxygen atoms in total. The van der Waals surface area contributed by atoms with Gasteiger partial charge in [-0.1, -0.05) is 11.3 Å². The third kappa shape index (κ3) is 2.94. The largest absolute Gasteiger partial charge is 0.481 e. The zero-order valence-electron chi connectivity index (χ0n) is 11.2. The van der Waals surface area contributed by atoms with Gasteiger partial charge >= 0.3 is 5.97 Å². The molecule has 3 heterocycles. The van der Waals surface area contributed by atoms with E-state index in [4.69, 9.17) is 5.11 Å². The van der Waals surface area contributed by atoms with E-state index in [2.05, 4.69) is 10.3 Å². The molecule has 0 radical (unpaired) electrons. The Morgan fingerprint density at radius 1 is 1.48 bits per heavy atom. The molecule has 1 atom stereocenters. The molecular formula is C13H14N4O3S. The van der Waals surface area contributed by atoms with E-state index in [0.29, 0.717) is 19.5 Å². The van der Waals surface area contributed by atoms with Crippen molar-refractivity contribution < 1.29 is 14.7 Å². The number of carboxylic acids is 1. The van der Waals surface area contributed by atoms with E-state index < -0.39 is 11.9 Å². The lowest BCUT2D eigenvalue weighted by Crippen LogP contribution is -2.30. The number of amides is 1. The molecule has 3 rings (SSSR count). The first kappa shape index (κ1) is 13.7. The first-order valence-electron chi connectivity index (χ1n) is 6.58. The molecule has 1 amide bonds. The van der Waals surface area contributed by atoms with Crippen LogP contribution in [0, 0.1) is 5.92 Å². The summed E-state index contributed by atoms with van der Waals surface area (Å²) < 4.78 is 1.61. The van der Waals surface area contributed by atoms with Crippen molar-refractivity contribution in [3.63, 3.8) is 0 Å². The molecule has 110 valence electrons. The summed E-state index contributed by atoms with van der Waals surface area (Å²) in [6.07, 6.45) is 2.10. The fourth-order valence-corrected chi connectivity index (χ4v) is 3.04. The molecule has 0 aromatic carbocycles. The SMILES string of the molecule is O=C(O)[C@H]1CCN(C(=O)c2cn(Cc3cccs3)nn2)C1. The lowest BCUT2D eigenvalue weighted by Gasteiger charge is -2.13. The molecule has 1 fully saturated rings. The predicted octanol–water partition coefficient (Wildman–Crippen LogP) is 0.935. The average molecular weight is 306 g/mol. The standard InChI is InChI=1S/C13H14N4O3S/c18-12(16-4-3-9(6-16)13(19)20)11-8-17(15-14-11)7-10-2-1-5-21-10/h1-2,5,8-9H,3-4,6-7H2,(H,19,20)/t9-/m0/s1. The number of carboxylic acid groups (broad SMARTS) is 1. The Balaban J connectivity index is 1.66. The van der Waals surface area contributed by atoms with Gasteiger partial charge in [0.2, 0.25) is 0 Å². The van der Waals surface area contributed by atoms with Crippen molar-refractivity contribution in [2.24, 2.45) is 5.92 Å². The van der Waals surface area contributed by atoms with E-state index in [1.165, 1.54) is 4.90 Å². The maximum Gasteiger partial charge on any atom is 0.308 e. The fourth-order valence-electron chi connectivity index (χ4n) is 2.34. The van der Waals surface area contributed by atoms with Gasteiger partial charge < -0.3 is 10.0 Å². The van der Waals surface area contributed by atoms with Gasteiger partial charge in [-0.05, 0) is 17.9 Å². The summed E-state index contributed by atoms with van der Waals surface area (Å²) in [5.41, 5.74) is 0.262. The predicted molar refractivity (Wildman–Crippen MR) is 75.1 cm³/mol.